The average molecular weight is 262 g/mol. The molecule has 4 heteroatoms. The maximum absolute atomic E-state index is 6.15. The van der Waals surface area contributed by atoms with Crippen LogP contribution in [0.3, 0.4) is 0 Å². The molecule has 0 aliphatic heterocycles. The summed E-state index contributed by atoms with van der Waals surface area (Å²) >= 11 is 6.15. The second-order valence-electron chi connectivity index (χ2n) is 4.22. The summed E-state index contributed by atoms with van der Waals surface area (Å²) < 4.78 is 0. The van der Waals surface area contributed by atoms with Crippen molar-refractivity contribution in [1.82, 2.24) is 10.4 Å². The van der Waals surface area contributed by atoms with Crippen molar-refractivity contribution in [1.29, 1.82) is 0 Å². The molecule has 3 nitrogen and oxygen atoms in total. The summed E-state index contributed by atoms with van der Waals surface area (Å²) in [4.78, 5) is 4.00. The van der Waals surface area contributed by atoms with E-state index in [0.29, 0.717) is 0 Å². The van der Waals surface area contributed by atoms with Gasteiger partial charge in [0.2, 0.25) is 0 Å². The number of pyridine rings is 1. The van der Waals surface area contributed by atoms with E-state index in [0.717, 1.165) is 23.4 Å². The predicted octanol–water partition coefficient (Wildman–Crippen LogP) is 2.35. The zero-order chi connectivity index (χ0) is 12.8. The Morgan fingerprint density at radius 3 is 2.50 bits per heavy atom. The first-order chi connectivity index (χ1) is 8.79. The van der Waals surface area contributed by atoms with E-state index in [1.165, 1.54) is 5.56 Å². The first-order valence-electron chi connectivity index (χ1n) is 5.88. The summed E-state index contributed by atoms with van der Waals surface area (Å²) in [6, 6.07) is 12.0. The number of hydrogen-bond donors (Lipinski definition) is 2. The van der Waals surface area contributed by atoms with E-state index < -0.39 is 0 Å². The Labute approximate surface area is 112 Å². The van der Waals surface area contributed by atoms with Gasteiger partial charge in [0.05, 0.1) is 0 Å². The molecule has 0 saturated carbocycles. The molecule has 0 saturated heterocycles. The lowest BCUT2D eigenvalue weighted by Crippen LogP contribution is -2.38. The van der Waals surface area contributed by atoms with Crippen LogP contribution in [-0.4, -0.2) is 11.0 Å². The summed E-state index contributed by atoms with van der Waals surface area (Å²) in [5, 5.41) is 0.785. The maximum Gasteiger partial charge on any atom is 0.0438 e. The third-order valence-electron chi connectivity index (χ3n) is 2.89. The molecule has 1 unspecified atom stereocenters. The third-order valence-corrected chi connectivity index (χ3v) is 3.26. The number of benzene rings is 1. The Kier molecular flexibility index (Phi) is 4.70. The van der Waals surface area contributed by atoms with Gasteiger partial charge >= 0.3 is 0 Å². The van der Waals surface area contributed by atoms with Crippen molar-refractivity contribution in [2.45, 2.75) is 18.9 Å². The van der Waals surface area contributed by atoms with Crippen LogP contribution in [0.25, 0.3) is 0 Å². The normalized spacial score (nSPS) is 12.3. The number of rotatable bonds is 5. The Morgan fingerprint density at radius 2 is 1.83 bits per heavy atom. The summed E-state index contributed by atoms with van der Waals surface area (Å²) in [5.41, 5.74) is 5.16. The number of nitrogens with one attached hydrogen (secondary N) is 1. The van der Waals surface area contributed by atoms with E-state index in [1.807, 2.05) is 36.4 Å². The molecule has 2 rings (SSSR count). The summed E-state index contributed by atoms with van der Waals surface area (Å²) in [6.45, 7) is 0. The highest BCUT2D eigenvalue weighted by atomic mass is 35.5. The third kappa shape index (κ3) is 3.53. The highest BCUT2D eigenvalue weighted by molar-refractivity contribution is 6.31. The summed E-state index contributed by atoms with van der Waals surface area (Å²) in [6.07, 6.45) is 5.24. The molecule has 0 aliphatic carbocycles. The quantitative estimate of drug-likeness (QED) is 0.642. The molecule has 0 amide bonds. The van der Waals surface area contributed by atoms with Gasteiger partial charge in [-0.1, -0.05) is 29.8 Å². The molecule has 0 bridgehead atoms. The average Bonchev–Trinajstić information content (AvgIpc) is 2.41. The number of aromatic nitrogens is 1. The molecular formula is C14H16ClN3. The van der Waals surface area contributed by atoms with Crippen LogP contribution < -0.4 is 11.3 Å². The van der Waals surface area contributed by atoms with Crippen LogP contribution in [0.15, 0.2) is 48.8 Å². The number of nitrogens with two attached hydrogens (primary N) is 1. The fourth-order valence-electron chi connectivity index (χ4n) is 1.92. The van der Waals surface area contributed by atoms with Gasteiger partial charge in [-0.15, -0.1) is 0 Å². The van der Waals surface area contributed by atoms with Crippen LogP contribution >= 0.6 is 11.6 Å². The number of nitrogens with zero attached hydrogens (tertiary/aromatic N) is 1. The Bertz CT molecular complexity index is 487. The van der Waals surface area contributed by atoms with Gasteiger partial charge < -0.3 is 0 Å². The van der Waals surface area contributed by atoms with Crippen molar-refractivity contribution in [2.75, 3.05) is 0 Å². The van der Waals surface area contributed by atoms with Crippen LogP contribution in [0.1, 0.15) is 11.1 Å². The van der Waals surface area contributed by atoms with Gasteiger partial charge in [-0.3, -0.25) is 16.3 Å². The number of hydrazine groups is 1. The van der Waals surface area contributed by atoms with Gasteiger partial charge in [-0.05, 0) is 42.2 Å². The molecule has 2 aromatic rings. The van der Waals surface area contributed by atoms with Crippen molar-refractivity contribution in [3.63, 3.8) is 0 Å². The van der Waals surface area contributed by atoms with Gasteiger partial charge in [0.25, 0.3) is 0 Å². The molecule has 3 N–H and O–H groups in total. The highest BCUT2D eigenvalue weighted by Gasteiger charge is 2.10. The van der Waals surface area contributed by atoms with Gasteiger partial charge in [0.1, 0.15) is 0 Å². The Hall–Kier alpha value is -1.42. The zero-order valence-electron chi connectivity index (χ0n) is 10.0. The molecule has 1 atom stereocenters. The van der Waals surface area contributed by atoms with E-state index >= 15 is 0 Å². The predicted molar refractivity (Wildman–Crippen MR) is 74.2 cm³/mol. The molecule has 94 valence electrons. The fourth-order valence-corrected chi connectivity index (χ4v) is 2.14. The first-order valence-corrected chi connectivity index (χ1v) is 6.26. The van der Waals surface area contributed by atoms with Crippen molar-refractivity contribution in [2.24, 2.45) is 5.84 Å². The van der Waals surface area contributed by atoms with Gasteiger partial charge in [0, 0.05) is 23.5 Å². The molecule has 0 spiro atoms. The lowest BCUT2D eigenvalue weighted by atomic mass is 10.00. The van der Waals surface area contributed by atoms with Crippen molar-refractivity contribution < 1.29 is 0 Å². The largest absolute Gasteiger partial charge is 0.271 e. The number of hydrogen-bond acceptors (Lipinski definition) is 3. The molecule has 1 heterocycles. The zero-order valence-corrected chi connectivity index (χ0v) is 10.8. The first kappa shape index (κ1) is 13.0. The van der Waals surface area contributed by atoms with Gasteiger partial charge in [-0.25, -0.2) is 0 Å². The van der Waals surface area contributed by atoms with E-state index in [1.54, 1.807) is 12.4 Å². The van der Waals surface area contributed by atoms with Crippen LogP contribution in [-0.2, 0) is 12.8 Å². The fraction of sp³-hybridized carbons (Fsp3) is 0.214. The minimum atomic E-state index is 0.160. The molecule has 0 radical (unpaired) electrons. The molecule has 1 aromatic heterocycles. The number of halogens is 1. The molecule has 18 heavy (non-hydrogen) atoms. The second-order valence-corrected chi connectivity index (χ2v) is 4.63. The SMILES string of the molecule is NNC(Cc1ccncc1)Cc1ccccc1Cl. The molecule has 0 aliphatic rings. The Balaban J connectivity index is 2.04. The minimum Gasteiger partial charge on any atom is -0.271 e. The van der Waals surface area contributed by atoms with E-state index in [4.69, 9.17) is 17.4 Å². The van der Waals surface area contributed by atoms with E-state index in [-0.39, 0.29) is 6.04 Å². The van der Waals surface area contributed by atoms with E-state index in [2.05, 4.69) is 10.4 Å². The topological polar surface area (TPSA) is 50.9 Å². The standard InChI is InChI=1S/C14H16ClN3/c15-14-4-2-1-3-12(14)10-13(18-16)9-11-5-7-17-8-6-11/h1-8,13,18H,9-10,16H2. The molecular weight excluding hydrogens is 246 g/mol. The van der Waals surface area contributed by atoms with E-state index in [9.17, 15) is 0 Å². The van der Waals surface area contributed by atoms with Gasteiger partial charge in [0.15, 0.2) is 0 Å². The second kappa shape index (κ2) is 6.50. The Morgan fingerprint density at radius 1 is 1.11 bits per heavy atom. The van der Waals surface area contributed by atoms with Crippen LogP contribution in [0, 0.1) is 0 Å². The van der Waals surface area contributed by atoms with Crippen LogP contribution in [0.5, 0.6) is 0 Å². The van der Waals surface area contributed by atoms with Crippen molar-refractivity contribution >= 4 is 11.6 Å². The van der Waals surface area contributed by atoms with Gasteiger partial charge in [-0.2, -0.15) is 0 Å². The molecule has 0 fully saturated rings. The summed E-state index contributed by atoms with van der Waals surface area (Å²) in [5.74, 6) is 5.61. The van der Waals surface area contributed by atoms with Crippen molar-refractivity contribution in [3.05, 3.63) is 64.9 Å². The monoisotopic (exact) mass is 261 g/mol. The lowest BCUT2D eigenvalue weighted by molar-refractivity contribution is 0.522. The molecule has 1 aromatic carbocycles. The maximum atomic E-state index is 6.15. The highest BCUT2D eigenvalue weighted by Crippen LogP contribution is 2.17. The van der Waals surface area contributed by atoms with Crippen LogP contribution in [0.4, 0.5) is 0 Å². The summed E-state index contributed by atoms with van der Waals surface area (Å²) in [7, 11) is 0. The smallest absolute Gasteiger partial charge is 0.0438 e. The lowest BCUT2D eigenvalue weighted by Gasteiger charge is -2.16. The van der Waals surface area contributed by atoms with Crippen molar-refractivity contribution in [3.8, 4) is 0 Å². The minimum absolute atomic E-state index is 0.160. The van der Waals surface area contributed by atoms with Crippen LogP contribution in [0.2, 0.25) is 5.02 Å².